The van der Waals surface area contributed by atoms with E-state index in [9.17, 15) is 5.11 Å². The van der Waals surface area contributed by atoms with E-state index in [1.165, 1.54) is 0 Å². The number of nitrogens with zero attached hydrogens (tertiary/aromatic N) is 1. The molecule has 2 aromatic rings. The number of methoxy groups -OCH3 is 1. The van der Waals surface area contributed by atoms with Crippen LogP contribution in [0, 0.1) is 11.3 Å². The minimum Gasteiger partial charge on any atom is -0.396 e. The van der Waals surface area contributed by atoms with E-state index in [1.807, 2.05) is 12.1 Å². The van der Waals surface area contributed by atoms with Crippen LogP contribution in [0.4, 0.5) is 0 Å². The molecule has 1 aliphatic carbocycles. The van der Waals surface area contributed by atoms with Gasteiger partial charge < -0.3 is 14.6 Å². The van der Waals surface area contributed by atoms with E-state index in [-0.39, 0.29) is 18.8 Å². The maximum Gasteiger partial charge on any atom is 0.146 e. The van der Waals surface area contributed by atoms with Gasteiger partial charge in [0.2, 0.25) is 0 Å². The Balaban J connectivity index is 1.66. The Morgan fingerprint density at radius 1 is 1.41 bits per heavy atom. The average Bonchev–Trinajstić information content (AvgIpc) is 3.27. The zero-order chi connectivity index (χ0) is 15.4. The summed E-state index contributed by atoms with van der Waals surface area (Å²) in [5, 5.41) is 10.7. The maximum absolute atomic E-state index is 9.60. The van der Waals surface area contributed by atoms with Gasteiger partial charge in [-0.25, -0.2) is 0 Å². The van der Waals surface area contributed by atoms with Crippen LogP contribution in [0.1, 0.15) is 12.0 Å². The molecule has 1 aliphatic rings. The monoisotopic (exact) mass is 299 g/mol. The molecule has 116 valence electrons. The Morgan fingerprint density at radius 2 is 2.32 bits per heavy atom. The van der Waals surface area contributed by atoms with Gasteiger partial charge in [-0.1, -0.05) is 24.3 Å². The fraction of sp³-hybridized carbons (Fsp3) is 0.389. The molecule has 0 saturated heterocycles. The van der Waals surface area contributed by atoms with Crippen molar-refractivity contribution >= 4 is 17.0 Å². The van der Waals surface area contributed by atoms with Crippen molar-refractivity contribution in [3.05, 3.63) is 48.2 Å². The molecule has 1 aromatic carbocycles. The molecule has 1 N–H and O–H groups in total. The van der Waals surface area contributed by atoms with E-state index in [0.717, 1.165) is 22.9 Å². The number of allylic oxidation sites excluding steroid dienone is 1. The van der Waals surface area contributed by atoms with Crippen LogP contribution in [-0.4, -0.2) is 37.2 Å². The first-order valence-corrected chi connectivity index (χ1v) is 7.48. The predicted molar refractivity (Wildman–Crippen MR) is 86.2 cm³/mol. The maximum atomic E-state index is 9.60. The van der Waals surface area contributed by atoms with Crippen LogP contribution >= 0.6 is 0 Å². The van der Waals surface area contributed by atoms with Crippen LogP contribution in [-0.2, 0) is 9.47 Å². The van der Waals surface area contributed by atoms with Crippen LogP contribution in [0.2, 0.25) is 0 Å². The molecule has 1 heterocycles. The van der Waals surface area contributed by atoms with Crippen LogP contribution < -0.4 is 0 Å². The molecule has 1 saturated carbocycles. The Bertz CT molecular complexity index is 670. The Labute approximate surface area is 130 Å². The fourth-order valence-corrected chi connectivity index (χ4v) is 2.80. The van der Waals surface area contributed by atoms with Gasteiger partial charge in [0, 0.05) is 24.1 Å². The lowest BCUT2D eigenvalue weighted by atomic mass is 10.1. The number of fused-ring (bicyclic) bond motifs is 1. The number of aliphatic hydroxyl groups excluding tert-OH is 1. The van der Waals surface area contributed by atoms with E-state index >= 15 is 0 Å². The van der Waals surface area contributed by atoms with E-state index in [2.05, 4.69) is 35.3 Å². The van der Waals surface area contributed by atoms with E-state index < -0.39 is 0 Å². The fourth-order valence-electron chi connectivity index (χ4n) is 2.80. The smallest absolute Gasteiger partial charge is 0.146 e. The standard InChI is InChI=1S/C18H21NO3/c1-21-13-22-12-18(11-20)10-16(18)6-4-14-5-7-17-15(9-14)3-2-8-19-17/h2-9,16,20H,10-13H2,1H3/b6-4+. The van der Waals surface area contributed by atoms with Crippen molar-refractivity contribution in [1.29, 1.82) is 0 Å². The number of pyridine rings is 1. The van der Waals surface area contributed by atoms with Gasteiger partial charge in [0.25, 0.3) is 0 Å². The summed E-state index contributed by atoms with van der Waals surface area (Å²) in [6.07, 6.45) is 7.05. The zero-order valence-electron chi connectivity index (χ0n) is 12.7. The Morgan fingerprint density at radius 3 is 3.14 bits per heavy atom. The molecule has 4 heteroatoms. The molecular weight excluding hydrogens is 278 g/mol. The Kier molecular flexibility index (Phi) is 4.52. The largest absolute Gasteiger partial charge is 0.396 e. The summed E-state index contributed by atoms with van der Waals surface area (Å²) in [6, 6.07) is 10.2. The quantitative estimate of drug-likeness (QED) is 0.631. The van der Waals surface area contributed by atoms with Crippen LogP contribution in [0.25, 0.3) is 17.0 Å². The van der Waals surface area contributed by atoms with Crippen molar-refractivity contribution in [1.82, 2.24) is 4.98 Å². The summed E-state index contributed by atoms with van der Waals surface area (Å²) in [7, 11) is 1.60. The van der Waals surface area contributed by atoms with Gasteiger partial charge in [0.1, 0.15) is 6.79 Å². The van der Waals surface area contributed by atoms with Crippen LogP contribution in [0.5, 0.6) is 0 Å². The number of rotatable bonds is 7. The van der Waals surface area contributed by atoms with E-state index in [0.29, 0.717) is 12.5 Å². The van der Waals surface area contributed by atoms with Crippen molar-refractivity contribution in [2.45, 2.75) is 6.42 Å². The van der Waals surface area contributed by atoms with Gasteiger partial charge in [-0.3, -0.25) is 4.98 Å². The Hall–Kier alpha value is -1.75. The number of ether oxygens (including phenoxy) is 2. The third kappa shape index (κ3) is 3.19. The molecule has 2 atom stereocenters. The molecule has 3 rings (SSSR count). The van der Waals surface area contributed by atoms with Gasteiger partial charge in [-0.05, 0) is 36.1 Å². The SMILES string of the molecule is COCOCC1(CO)CC1/C=C/c1ccc2ncccc2c1. The first-order chi connectivity index (χ1) is 10.8. The number of benzene rings is 1. The van der Waals surface area contributed by atoms with Crippen molar-refractivity contribution in [2.75, 3.05) is 27.1 Å². The summed E-state index contributed by atoms with van der Waals surface area (Å²) in [5.41, 5.74) is 2.02. The van der Waals surface area contributed by atoms with Gasteiger partial charge >= 0.3 is 0 Å². The van der Waals surface area contributed by atoms with Gasteiger partial charge in [0.05, 0.1) is 18.7 Å². The lowest BCUT2D eigenvalue weighted by Gasteiger charge is -2.12. The lowest BCUT2D eigenvalue weighted by molar-refractivity contribution is -0.0557. The summed E-state index contributed by atoms with van der Waals surface area (Å²) < 4.78 is 10.3. The minimum absolute atomic E-state index is 0.132. The molecule has 1 fully saturated rings. The normalized spacial score (nSPS) is 24.2. The molecule has 1 aromatic heterocycles. The highest BCUT2D eigenvalue weighted by atomic mass is 16.7. The highest BCUT2D eigenvalue weighted by Gasteiger charge is 2.52. The highest BCUT2D eigenvalue weighted by molar-refractivity contribution is 5.81. The molecule has 4 nitrogen and oxygen atoms in total. The number of aliphatic hydroxyl groups is 1. The summed E-state index contributed by atoms with van der Waals surface area (Å²) in [4.78, 5) is 4.32. The summed E-state index contributed by atoms with van der Waals surface area (Å²) in [5.74, 6) is 0.360. The topological polar surface area (TPSA) is 51.6 Å². The third-order valence-corrected chi connectivity index (χ3v) is 4.31. The molecule has 22 heavy (non-hydrogen) atoms. The molecular formula is C18H21NO3. The number of hydrogen-bond acceptors (Lipinski definition) is 4. The van der Waals surface area contributed by atoms with Gasteiger partial charge in [-0.15, -0.1) is 0 Å². The highest BCUT2D eigenvalue weighted by Crippen LogP contribution is 2.53. The number of aromatic nitrogens is 1. The van der Waals surface area contributed by atoms with Crippen LogP contribution in [0.15, 0.2) is 42.6 Å². The summed E-state index contributed by atoms with van der Waals surface area (Å²) >= 11 is 0. The summed E-state index contributed by atoms with van der Waals surface area (Å²) in [6.45, 7) is 0.956. The molecule has 0 radical (unpaired) electrons. The van der Waals surface area contributed by atoms with Crippen molar-refractivity contribution < 1.29 is 14.6 Å². The molecule has 2 unspecified atom stereocenters. The van der Waals surface area contributed by atoms with Crippen molar-refractivity contribution in [2.24, 2.45) is 11.3 Å². The van der Waals surface area contributed by atoms with E-state index in [4.69, 9.17) is 9.47 Å². The van der Waals surface area contributed by atoms with Crippen LogP contribution in [0.3, 0.4) is 0 Å². The van der Waals surface area contributed by atoms with Crippen molar-refractivity contribution in [3.63, 3.8) is 0 Å². The second-order valence-electron chi connectivity index (χ2n) is 5.90. The van der Waals surface area contributed by atoms with E-state index in [1.54, 1.807) is 13.3 Å². The van der Waals surface area contributed by atoms with Gasteiger partial charge in [-0.2, -0.15) is 0 Å². The molecule has 0 amide bonds. The first kappa shape index (κ1) is 15.2. The minimum atomic E-state index is -0.132. The molecule has 0 aliphatic heterocycles. The second kappa shape index (κ2) is 6.57. The predicted octanol–water partition coefficient (Wildman–Crippen LogP) is 2.87. The second-order valence-corrected chi connectivity index (χ2v) is 5.90. The lowest BCUT2D eigenvalue weighted by Crippen LogP contribution is -2.18. The molecule has 0 spiro atoms. The zero-order valence-corrected chi connectivity index (χ0v) is 12.7. The average molecular weight is 299 g/mol. The van der Waals surface area contributed by atoms with Crippen molar-refractivity contribution in [3.8, 4) is 0 Å². The van der Waals surface area contributed by atoms with Gasteiger partial charge in [0.15, 0.2) is 0 Å². The molecule has 0 bridgehead atoms. The third-order valence-electron chi connectivity index (χ3n) is 4.31. The number of hydrogen-bond donors (Lipinski definition) is 1. The first-order valence-electron chi connectivity index (χ1n) is 7.48.